The summed E-state index contributed by atoms with van der Waals surface area (Å²) in [6.45, 7) is 1.99. The molecule has 0 saturated carbocycles. The average molecular weight is 291 g/mol. The van der Waals surface area contributed by atoms with E-state index in [1.54, 1.807) is 7.11 Å². The normalized spacial score (nSPS) is 12.2. The van der Waals surface area contributed by atoms with Crippen molar-refractivity contribution in [2.45, 2.75) is 19.4 Å². The van der Waals surface area contributed by atoms with E-state index in [1.807, 2.05) is 32.2 Å². The molecule has 4 heteroatoms. The summed E-state index contributed by atoms with van der Waals surface area (Å²) in [5, 5.41) is 3.17. The minimum absolute atomic E-state index is 0.111. The summed E-state index contributed by atoms with van der Waals surface area (Å²) in [5.41, 5.74) is 2.54. The van der Waals surface area contributed by atoms with Gasteiger partial charge >= 0.3 is 0 Å². The maximum Gasteiger partial charge on any atom is 0.129 e. The molecule has 0 aliphatic rings. The molecule has 21 heavy (non-hydrogen) atoms. The molecular formula is C17H19F2NO. The number of hydrogen-bond donors (Lipinski definition) is 1. The number of nitrogens with one attached hydrogen (secondary N) is 1. The maximum absolute atomic E-state index is 13.8. The van der Waals surface area contributed by atoms with Crippen molar-refractivity contribution in [2.24, 2.45) is 0 Å². The smallest absolute Gasteiger partial charge is 0.129 e. The Bertz CT molecular complexity index is 628. The van der Waals surface area contributed by atoms with Crippen molar-refractivity contribution < 1.29 is 13.5 Å². The second-order valence-corrected chi connectivity index (χ2v) is 5.03. The Balaban J connectivity index is 2.34. The van der Waals surface area contributed by atoms with E-state index in [4.69, 9.17) is 4.74 Å². The van der Waals surface area contributed by atoms with Gasteiger partial charge in [-0.15, -0.1) is 0 Å². The van der Waals surface area contributed by atoms with E-state index in [0.717, 1.165) is 22.9 Å². The predicted molar refractivity (Wildman–Crippen MR) is 79.6 cm³/mol. The molecule has 0 aromatic heterocycles. The zero-order valence-corrected chi connectivity index (χ0v) is 12.4. The standard InChI is InChI=1S/C17H19F2NO/c1-11-4-7-17(21-3)14(8-11)16(20-2)9-12-5-6-13(18)10-15(12)19/h4-8,10,16,20H,9H2,1-3H3. The average Bonchev–Trinajstić information content (AvgIpc) is 2.46. The molecule has 112 valence electrons. The van der Waals surface area contributed by atoms with Crippen LogP contribution in [0.25, 0.3) is 0 Å². The lowest BCUT2D eigenvalue weighted by molar-refractivity contribution is 0.400. The number of ether oxygens (including phenoxy) is 1. The van der Waals surface area contributed by atoms with Crippen molar-refractivity contribution in [3.63, 3.8) is 0 Å². The molecule has 1 N–H and O–H groups in total. The van der Waals surface area contributed by atoms with E-state index < -0.39 is 11.6 Å². The van der Waals surface area contributed by atoms with Gasteiger partial charge in [0.25, 0.3) is 0 Å². The summed E-state index contributed by atoms with van der Waals surface area (Å²) < 4.78 is 32.2. The van der Waals surface area contributed by atoms with Crippen LogP contribution >= 0.6 is 0 Å². The van der Waals surface area contributed by atoms with E-state index in [1.165, 1.54) is 12.1 Å². The number of hydrogen-bond acceptors (Lipinski definition) is 2. The van der Waals surface area contributed by atoms with Crippen LogP contribution in [0.15, 0.2) is 36.4 Å². The molecule has 0 heterocycles. The third-order valence-corrected chi connectivity index (χ3v) is 3.55. The Morgan fingerprint density at radius 3 is 2.52 bits per heavy atom. The van der Waals surface area contributed by atoms with Gasteiger partial charge in [-0.25, -0.2) is 8.78 Å². The Kier molecular flexibility index (Phi) is 4.91. The topological polar surface area (TPSA) is 21.3 Å². The van der Waals surface area contributed by atoms with Crippen LogP contribution < -0.4 is 10.1 Å². The molecule has 0 aliphatic carbocycles. The first-order valence-corrected chi connectivity index (χ1v) is 6.81. The monoisotopic (exact) mass is 291 g/mol. The molecule has 0 aliphatic heterocycles. The van der Waals surface area contributed by atoms with Crippen LogP contribution in [-0.4, -0.2) is 14.2 Å². The van der Waals surface area contributed by atoms with Crippen molar-refractivity contribution in [1.29, 1.82) is 0 Å². The van der Waals surface area contributed by atoms with Gasteiger partial charge in [-0.2, -0.15) is 0 Å². The molecule has 2 nitrogen and oxygen atoms in total. The lowest BCUT2D eigenvalue weighted by Gasteiger charge is -2.20. The molecule has 1 unspecified atom stereocenters. The predicted octanol–water partition coefficient (Wildman–Crippen LogP) is 3.79. The van der Waals surface area contributed by atoms with E-state index in [2.05, 4.69) is 5.32 Å². The van der Waals surface area contributed by atoms with Crippen molar-refractivity contribution in [3.05, 3.63) is 64.7 Å². The van der Waals surface area contributed by atoms with Gasteiger partial charge in [0.15, 0.2) is 0 Å². The van der Waals surface area contributed by atoms with E-state index in [-0.39, 0.29) is 6.04 Å². The quantitative estimate of drug-likeness (QED) is 0.905. The Morgan fingerprint density at radius 1 is 1.14 bits per heavy atom. The molecule has 0 spiro atoms. The van der Waals surface area contributed by atoms with Crippen molar-refractivity contribution in [2.75, 3.05) is 14.2 Å². The van der Waals surface area contributed by atoms with Crippen molar-refractivity contribution in [1.82, 2.24) is 5.32 Å². The number of aryl methyl sites for hydroxylation is 1. The van der Waals surface area contributed by atoms with Crippen molar-refractivity contribution in [3.8, 4) is 5.75 Å². The SMILES string of the molecule is CNC(Cc1ccc(F)cc1F)c1cc(C)ccc1OC. The number of methoxy groups -OCH3 is 1. The van der Waals surface area contributed by atoms with Gasteiger partial charge in [-0.1, -0.05) is 23.8 Å². The summed E-state index contributed by atoms with van der Waals surface area (Å²) in [6.07, 6.45) is 0.419. The van der Waals surface area contributed by atoms with E-state index in [0.29, 0.717) is 12.0 Å². The summed E-state index contributed by atoms with van der Waals surface area (Å²) in [6, 6.07) is 9.44. The molecule has 0 radical (unpaired) electrons. The number of rotatable bonds is 5. The van der Waals surface area contributed by atoms with Crippen LogP contribution in [0, 0.1) is 18.6 Å². The van der Waals surface area contributed by atoms with E-state index >= 15 is 0 Å². The van der Waals surface area contributed by atoms with Gasteiger partial charge in [-0.3, -0.25) is 0 Å². The first-order chi connectivity index (χ1) is 10.0. The molecule has 2 aromatic rings. The Morgan fingerprint density at radius 2 is 1.90 bits per heavy atom. The lowest BCUT2D eigenvalue weighted by atomic mass is 9.96. The zero-order valence-electron chi connectivity index (χ0n) is 12.4. The van der Waals surface area contributed by atoms with E-state index in [9.17, 15) is 8.78 Å². The summed E-state index contributed by atoms with van der Waals surface area (Å²) in [4.78, 5) is 0. The minimum atomic E-state index is -0.564. The molecule has 2 rings (SSSR count). The third kappa shape index (κ3) is 3.58. The van der Waals surface area contributed by atoms with Crippen LogP contribution in [0.4, 0.5) is 8.78 Å². The van der Waals surface area contributed by atoms with Crippen LogP contribution in [0.3, 0.4) is 0 Å². The highest BCUT2D eigenvalue weighted by atomic mass is 19.1. The summed E-state index contributed by atoms with van der Waals surface area (Å²) in [7, 11) is 3.42. The molecule has 0 bridgehead atoms. The number of likely N-dealkylation sites (N-methyl/N-ethyl adjacent to an activating group) is 1. The largest absolute Gasteiger partial charge is 0.496 e. The first kappa shape index (κ1) is 15.4. The highest BCUT2D eigenvalue weighted by molar-refractivity contribution is 5.40. The zero-order chi connectivity index (χ0) is 15.4. The number of benzene rings is 2. The first-order valence-electron chi connectivity index (χ1n) is 6.81. The molecule has 2 aromatic carbocycles. The fourth-order valence-electron chi connectivity index (χ4n) is 2.40. The lowest BCUT2D eigenvalue weighted by Crippen LogP contribution is -2.20. The number of halogens is 2. The van der Waals surface area contributed by atoms with Gasteiger partial charge in [0.05, 0.1) is 7.11 Å². The molecule has 0 saturated heterocycles. The summed E-state index contributed by atoms with van der Waals surface area (Å²) in [5.74, 6) is -0.338. The van der Waals surface area contributed by atoms with Crippen molar-refractivity contribution >= 4 is 0 Å². The second kappa shape index (κ2) is 6.68. The highest BCUT2D eigenvalue weighted by Gasteiger charge is 2.17. The van der Waals surface area contributed by atoms with Crippen LogP contribution in [0.2, 0.25) is 0 Å². The highest BCUT2D eigenvalue weighted by Crippen LogP contribution is 2.29. The second-order valence-electron chi connectivity index (χ2n) is 5.03. The Labute approximate surface area is 123 Å². The van der Waals surface area contributed by atoms with Gasteiger partial charge in [-0.05, 0) is 38.1 Å². The van der Waals surface area contributed by atoms with Gasteiger partial charge in [0.2, 0.25) is 0 Å². The van der Waals surface area contributed by atoms with Gasteiger partial charge in [0, 0.05) is 17.7 Å². The molecular weight excluding hydrogens is 272 g/mol. The Hall–Kier alpha value is -1.94. The fraction of sp³-hybridized carbons (Fsp3) is 0.294. The molecule has 0 amide bonds. The molecule has 0 fully saturated rings. The van der Waals surface area contributed by atoms with Crippen LogP contribution in [0.1, 0.15) is 22.7 Å². The van der Waals surface area contributed by atoms with Crippen LogP contribution in [-0.2, 0) is 6.42 Å². The maximum atomic E-state index is 13.8. The van der Waals surface area contributed by atoms with Crippen LogP contribution in [0.5, 0.6) is 5.75 Å². The molecule has 1 atom stereocenters. The van der Waals surface area contributed by atoms with Gasteiger partial charge < -0.3 is 10.1 Å². The fourth-order valence-corrected chi connectivity index (χ4v) is 2.40. The minimum Gasteiger partial charge on any atom is -0.496 e. The van der Waals surface area contributed by atoms with Gasteiger partial charge in [0.1, 0.15) is 17.4 Å². The third-order valence-electron chi connectivity index (χ3n) is 3.55. The summed E-state index contributed by atoms with van der Waals surface area (Å²) >= 11 is 0.